The lowest BCUT2D eigenvalue weighted by atomic mass is 9.85. The zero-order valence-electron chi connectivity index (χ0n) is 11.9. The van der Waals surface area contributed by atoms with Gasteiger partial charge in [0, 0.05) is 25.2 Å². The van der Waals surface area contributed by atoms with E-state index < -0.39 is 5.60 Å². The van der Waals surface area contributed by atoms with Gasteiger partial charge in [0.2, 0.25) is 0 Å². The summed E-state index contributed by atoms with van der Waals surface area (Å²) in [5.41, 5.74) is -0.412. The van der Waals surface area contributed by atoms with E-state index in [1.54, 1.807) is 4.90 Å². The molecule has 0 bridgehead atoms. The zero-order valence-corrected chi connectivity index (χ0v) is 11.9. The molecule has 4 nitrogen and oxygen atoms in total. The van der Waals surface area contributed by atoms with Crippen molar-refractivity contribution < 1.29 is 9.53 Å². The molecule has 100 valence electrons. The van der Waals surface area contributed by atoms with Gasteiger partial charge in [0.1, 0.15) is 5.60 Å². The van der Waals surface area contributed by atoms with Gasteiger partial charge in [-0.1, -0.05) is 13.8 Å². The molecule has 4 heteroatoms. The molecule has 1 saturated carbocycles. The van der Waals surface area contributed by atoms with Gasteiger partial charge in [0.15, 0.2) is 0 Å². The molecule has 1 fully saturated rings. The molecule has 1 amide bonds. The van der Waals surface area contributed by atoms with Gasteiger partial charge in [0.25, 0.3) is 0 Å². The lowest BCUT2D eigenvalue weighted by Gasteiger charge is -2.42. The Labute approximate surface area is 105 Å². The molecule has 0 aliphatic heterocycles. The second kappa shape index (κ2) is 5.25. The summed E-state index contributed by atoms with van der Waals surface area (Å²) in [6.45, 7) is 9.96. The highest BCUT2D eigenvalue weighted by atomic mass is 16.6. The summed E-state index contributed by atoms with van der Waals surface area (Å²) in [6.07, 6.45) is 1.83. The molecule has 1 aliphatic rings. The topological polar surface area (TPSA) is 41.6 Å². The van der Waals surface area contributed by atoms with Crippen molar-refractivity contribution in [3.63, 3.8) is 0 Å². The summed E-state index contributed by atoms with van der Waals surface area (Å²) >= 11 is 0. The van der Waals surface area contributed by atoms with Gasteiger partial charge in [-0.3, -0.25) is 0 Å². The van der Waals surface area contributed by atoms with Gasteiger partial charge in [-0.05, 0) is 33.6 Å². The number of rotatable bonds is 3. The van der Waals surface area contributed by atoms with Crippen LogP contribution in [0.3, 0.4) is 0 Å². The number of carbonyl (C=O) groups excluding carboxylic acids is 1. The fraction of sp³-hybridized carbons (Fsp3) is 0.923. The lowest BCUT2D eigenvalue weighted by Crippen LogP contribution is -2.54. The monoisotopic (exact) mass is 242 g/mol. The molecular weight excluding hydrogens is 216 g/mol. The van der Waals surface area contributed by atoms with Crippen LogP contribution in [0.5, 0.6) is 0 Å². The fourth-order valence-electron chi connectivity index (χ4n) is 1.99. The van der Waals surface area contributed by atoms with E-state index in [1.807, 2.05) is 27.8 Å². The zero-order chi connectivity index (χ0) is 13.2. The van der Waals surface area contributed by atoms with E-state index in [-0.39, 0.29) is 6.09 Å². The van der Waals surface area contributed by atoms with Crippen molar-refractivity contribution in [2.24, 2.45) is 0 Å². The molecule has 0 aromatic carbocycles. The minimum Gasteiger partial charge on any atom is -0.444 e. The van der Waals surface area contributed by atoms with Crippen molar-refractivity contribution in [2.45, 2.75) is 71.2 Å². The summed E-state index contributed by atoms with van der Waals surface area (Å²) in [5.74, 6) is 0. The predicted octanol–water partition coefficient (Wildman–Crippen LogP) is 2.38. The molecule has 1 rings (SSSR count). The number of nitrogens with zero attached hydrogens (tertiary/aromatic N) is 1. The van der Waals surface area contributed by atoms with E-state index in [9.17, 15) is 4.79 Å². The van der Waals surface area contributed by atoms with Gasteiger partial charge in [-0.15, -0.1) is 0 Å². The average molecular weight is 242 g/mol. The fourth-order valence-corrected chi connectivity index (χ4v) is 1.99. The Balaban J connectivity index is 2.31. The van der Waals surface area contributed by atoms with Crippen molar-refractivity contribution in [3.8, 4) is 0 Å². The summed E-state index contributed by atoms with van der Waals surface area (Å²) in [5, 5.41) is 3.47. The predicted molar refractivity (Wildman–Crippen MR) is 69.1 cm³/mol. The van der Waals surface area contributed by atoms with Gasteiger partial charge in [0.05, 0.1) is 0 Å². The van der Waals surface area contributed by atoms with Crippen molar-refractivity contribution in [1.29, 1.82) is 0 Å². The number of nitrogens with one attached hydrogen (secondary N) is 1. The Morgan fingerprint density at radius 1 is 1.35 bits per heavy atom. The number of ether oxygens (including phenoxy) is 1. The maximum Gasteiger partial charge on any atom is 0.410 e. The summed E-state index contributed by atoms with van der Waals surface area (Å²) in [4.78, 5) is 13.5. The second-order valence-corrected chi connectivity index (χ2v) is 6.23. The SMILES string of the molecule is CC(C)N[C@H]1C[C@@H](N(C)C(=O)OC(C)(C)C)C1. The van der Waals surface area contributed by atoms with Crippen molar-refractivity contribution in [3.05, 3.63) is 0 Å². The standard InChI is InChI=1S/C13H26N2O2/c1-9(2)14-10-7-11(8-10)15(6)12(16)17-13(3,4)5/h9-11,14H,7-8H2,1-6H3/t10-,11+. The number of hydrogen-bond donors (Lipinski definition) is 1. The van der Waals surface area contributed by atoms with Crippen molar-refractivity contribution in [1.82, 2.24) is 10.2 Å². The van der Waals surface area contributed by atoms with Gasteiger partial charge in [-0.25, -0.2) is 4.79 Å². The van der Waals surface area contributed by atoms with E-state index in [1.165, 1.54) is 0 Å². The molecule has 1 N–H and O–H groups in total. The van der Waals surface area contributed by atoms with Crippen LogP contribution in [0.4, 0.5) is 4.79 Å². The smallest absolute Gasteiger partial charge is 0.410 e. The molecule has 0 saturated heterocycles. The quantitative estimate of drug-likeness (QED) is 0.826. The molecule has 0 radical (unpaired) electrons. The van der Waals surface area contributed by atoms with E-state index in [2.05, 4.69) is 19.2 Å². The Morgan fingerprint density at radius 2 is 1.88 bits per heavy atom. The van der Waals surface area contributed by atoms with Gasteiger partial charge >= 0.3 is 6.09 Å². The van der Waals surface area contributed by atoms with Gasteiger partial charge < -0.3 is 15.0 Å². The van der Waals surface area contributed by atoms with Crippen LogP contribution in [-0.4, -0.2) is 41.8 Å². The highest BCUT2D eigenvalue weighted by molar-refractivity contribution is 5.68. The van der Waals surface area contributed by atoms with Crippen LogP contribution < -0.4 is 5.32 Å². The molecule has 0 spiro atoms. The molecule has 17 heavy (non-hydrogen) atoms. The average Bonchev–Trinajstić information content (AvgIpc) is 2.06. The number of hydrogen-bond acceptors (Lipinski definition) is 3. The van der Waals surface area contributed by atoms with E-state index in [4.69, 9.17) is 4.74 Å². The van der Waals surface area contributed by atoms with Gasteiger partial charge in [-0.2, -0.15) is 0 Å². The Hall–Kier alpha value is -0.770. The van der Waals surface area contributed by atoms with Crippen LogP contribution in [-0.2, 0) is 4.74 Å². The maximum absolute atomic E-state index is 11.8. The second-order valence-electron chi connectivity index (χ2n) is 6.23. The third-order valence-corrected chi connectivity index (χ3v) is 2.91. The summed E-state index contributed by atoms with van der Waals surface area (Å²) < 4.78 is 5.34. The largest absolute Gasteiger partial charge is 0.444 e. The number of amides is 1. The number of carbonyl (C=O) groups is 1. The first-order valence-electron chi connectivity index (χ1n) is 6.41. The normalized spacial score (nSPS) is 24.4. The summed E-state index contributed by atoms with van der Waals surface area (Å²) in [7, 11) is 1.82. The van der Waals surface area contributed by atoms with Crippen LogP contribution in [0.25, 0.3) is 0 Å². The lowest BCUT2D eigenvalue weighted by molar-refractivity contribution is 0.00995. The molecule has 0 aromatic rings. The van der Waals surface area contributed by atoms with E-state index in [0.717, 1.165) is 12.8 Å². The third kappa shape index (κ3) is 4.54. The maximum atomic E-state index is 11.8. The third-order valence-electron chi connectivity index (χ3n) is 2.91. The van der Waals surface area contributed by atoms with Crippen LogP contribution in [0.1, 0.15) is 47.5 Å². The molecular formula is C13H26N2O2. The van der Waals surface area contributed by atoms with Crippen LogP contribution in [0.2, 0.25) is 0 Å². The Bertz CT molecular complexity index is 265. The first kappa shape index (κ1) is 14.3. The first-order chi connectivity index (χ1) is 7.69. The first-order valence-corrected chi connectivity index (χ1v) is 6.41. The molecule has 0 aromatic heterocycles. The van der Waals surface area contributed by atoms with E-state index in [0.29, 0.717) is 18.1 Å². The molecule has 0 unspecified atom stereocenters. The van der Waals surface area contributed by atoms with Crippen molar-refractivity contribution in [2.75, 3.05) is 7.05 Å². The molecule has 0 heterocycles. The minimum absolute atomic E-state index is 0.217. The Kier molecular flexibility index (Phi) is 4.42. The van der Waals surface area contributed by atoms with Crippen LogP contribution in [0, 0.1) is 0 Å². The highest BCUT2D eigenvalue weighted by Gasteiger charge is 2.35. The molecule has 0 atom stereocenters. The van der Waals surface area contributed by atoms with Crippen molar-refractivity contribution >= 4 is 6.09 Å². The summed E-state index contributed by atoms with van der Waals surface area (Å²) in [6, 6.07) is 1.37. The van der Waals surface area contributed by atoms with E-state index >= 15 is 0 Å². The highest BCUT2D eigenvalue weighted by Crippen LogP contribution is 2.26. The Morgan fingerprint density at radius 3 is 2.29 bits per heavy atom. The minimum atomic E-state index is -0.412. The molecule has 1 aliphatic carbocycles. The van der Waals surface area contributed by atoms with Crippen LogP contribution >= 0.6 is 0 Å². The van der Waals surface area contributed by atoms with Crippen LogP contribution in [0.15, 0.2) is 0 Å².